The van der Waals surface area contributed by atoms with Crippen LogP contribution in [0, 0.1) is 5.82 Å². The van der Waals surface area contributed by atoms with Crippen molar-refractivity contribution in [2.45, 2.75) is 24.3 Å². The molecule has 0 spiro atoms. The van der Waals surface area contributed by atoms with Gasteiger partial charge < -0.3 is 18.7 Å². The zero-order chi connectivity index (χ0) is 24.7. The number of benzene rings is 2. The van der Waals surface area contributed by atoms with Crippen LogP contribution in [-0.4, -0.2) is 56.6 Å². The van der Waals surface area contributed by atoms with E-state index < -0.39 is 21.8 Å². The predicted octanol–water partition coefficient (Wildman–Crippen LogP) is 3.04. The highest BCUT2D eigenvalue weighted by atomic mass is 32.2. The molecule has 0 N–H and O–H groups in total. The van der Waals surface area contributed by atoms with Crippen molar-refractivity contribution < 1.29 is 36.3 Å². The molecule has 0 saturated heterocycles. The molecular weight excluding hydrogens is 469 g/mol. The number of ether oxygens (including phenoxy) is 3. The number of carbonyl (C=O) groups excluding carboxylic acids is 1. The van der Waals surface area contributed by atoms with E-state index in [0.29, 0.717) is 17.1 Å². The molecule has 0 fully saturated rings. The lowest BCUT2D eigenvalue weighted by atomic mass is 10.2. The van der Waals surface area contributed by atoms with Crippen LogP contribution in [0.3, 0.4) is 0 Å². The van der Waals surface area contributed by atoms with Crippen LogP contribution in [0.4, 0.5) is 4.39 Å². The van der Waals surface area contributed by atoms with Gasteiger partial charge in [0, 0.05) is 26.1 Å². The number of nitrogens with zero attached hydrogens (tertiary/aromatic N) is 3. The predicted molar refractivity (Wildman–Crippen MR) is 118 cm³/mol. The Kier molecular flexibility index (Phi) is 8.18. The largest absolute Gasteiger partial charge is 0.497 e. The Morgan fingerprint density at radius 2 is 1.85 bits per heavy atom. The van der Waals surface area contributed by atoms with Gasteiger partial charge in [-0.15, -0.1) is 0 Å². The molecule has 3 aromatic rings. The van der Waals surface area contributed by atoms with Gasteiger partial charge in [-0.25, -0.2) is 17.1 Å². The second kappa shape index (κ2) is 11.1. The van der Waals surface area contributed by atoms with Gasteiger partial charge in [-0.1, -0.05) is 5.16 Å². The molecule has 0 unspecified atom stereocenters. The topological polar surface area (TPSA) is 121 Å². The van der Waals surface area contributed by atoms with Crippen molar-refractivity contribution in [3.8, 4) is 22.9 Å². The maximum absolute atomic E-state index is 13.0. The van der Waals surface area contributed by atoms with Crippen molar-refractivity contribution in [1.29, 1.82) is 0 Å². The highest BCUT2D eigenvalue weighted by Crippen LogP contribution is 2.31. The molecule has 0 bridgehead atoms. The molecule has 12 heteroatoms. The number of sulfonamides is 1. The Morgan fingerprint density at radius 1 is 1.12 bits per heavy atom. The first kappa shape index (κ1) is 25.1. The fourth-order valence-electron chi connectivity index (χ4n) is 2.97. The van der Waals surface area contributed by atoms with Crippen LogP contribution in [0.25, 0.3) is 11.4 Å². The SMILES string of the molecule is COc1ccc(-c2noc(COC(=O)CCCN(C)S(=O)(=O)c3ccc(F)cc3)n2)c(OC)c1. The average molecular weight is 494 g/mol. The third kappa shape index (κ3) is 6.08. The molecule has 3 rings (SSSR count). The van der Waals surface area contributed by atoms with Gasteiger partial charge in [0.15, 0.2) is 6.61 Å². The third-order valence-corrected chi connectivity index (χ3v) is 6.72. The van der Waals surface area contributed by atoms with Gasteiger partial charge >= 0.3 is 5.97 Å². The fraction of sp³-hybridized carbons (Fsp3) is 0.318. The molecule has 0 aliphatic heterocycles. The summed E-state index contributed by atoms with van der Waals surface area (Å²) in [6.45, 7) is -0.148. The second-order valence-electron chi connectivity index (χ2n) is 7.12. The Balaban J connectivity index is 1.49. The molecule has 0 radical (unpaired) electrons. The van der Waals surface area contributed by atoms with Crippen molar-refractivity contribution in [1.82, 2.24) is 14.4 Å². The molecule has 2 aromatic carbocycles. The molecule has 182 valence electrons. The molecule has 0 amide bonds. The minimum absolute atomic E-state index is 0.0173. The summed E-state index contributed by atoms with van der Waals surface area (Å²) < 4.78 is 59.8. The molecule has 0 aliphatic carbocycles. The number of hydrogen-bond acceptors (Lipinski definition) is 9. The number of carbonyl (C=O) groups is 1. The van der Waals surface area contributed by atoms with E-state index in [-0.39, 0.29) is 42.6 Å². The number of esters is 1. The lowest BCUT2D eigenvalue weighted by Gasteiger charge is -2.16. The number of rotatable bonds is 11. The summed E-state index contributed by atoms with van der Waals surface area (Å²) in [7, 11) is 0.649. The van der Waals surface area contributed by atoms with Crippen LogP contribution in [0.15, 0.2) is 51.9 Å². The third-order valence-electron chi connectivity index (χ3n) is 4.85. The van der Waals surface area contributed by atoms with E-state index >= 15 is 0 Å². The van der Waals surface area contributed by atoms with Crippen molar-refractivity contribution in [2.24, 2.45) is 0 Å². The minimum Gasteiger partial charge on any atom is -0.497 e. The Bertz CT molecular complexity index is 1230. The lowest BCUT2D eigenvalue weighted by Crippen LogP contribution is -2.28. The highest BCUT2D eigenvalue weighted by Gasteiger charge is 2.21. The standard InChI is InChI=1S/C22H24FN3O7S/c1-26(34(28,29)17-9-6-15(23)7-10-17)12-4-5-21(27)32-14-20-24-22(25-33-20)18-11-8-16(30-2)13-19(18)31-3/h6-11,13H,4-5,12,14H2,1-3H3. The van der Waals surface area contributed by atoms with Crippen molar-refractivity contribution in [3.05, 3.63) is 54.2 Å². The molecule has 0 saturated carbocycles. The van der Waals surface area contributed by atoms with Crippen molar-refractivity contribution in [2.75, 3.05) is 27.8 Å². The number of hydrogen-bond donors (Lipinski definition) is 0. The first-order chi connectivity index (χ1) is 16.2. The van der Waals surface area contributed by atoms with Crippen LogP contribution in [0.2, 0.25) is 0 Å². The van der Waals surface area contributed by atoms with Gasteiger partial charge in [-0.3, -0.25) is 4.79 Å². The Labute approximate surface area is 196 Å². The maximum Gasteiger partial charge on any atom is 0.306 e. The van der Waals surface area contributed by atoms with E-state index in [2.05, 4.69) is 10.1 Å². The first-order valence-electron chi connectivity index (χ1n) is 10.2. The van der Waals surface area contributed by atoms with Crippen molar-refractivity contribution in [3.63, 3.8) is 0 Å². The maximum atomic E-state index is 13.0. The number of aromatic nitrogens is 2. The summed E-state index contributed by atoms with van der Waals surface area (Å²) in [4.78, 5) is 16.2. The summed E-state index contributed by atoms with van der Waals surface area (Å²) in [5.41, 5.74) is 0.579. The lowest BCUT2D eigenvalue weighted by molar-refractivity contribution is -0.145. The van der Waals surface area contributed by atoms with Crippen LogP contribution in [0.5, 0.6) is 11.5 Å². The average Bonchev–Trinajstić information content (AvgIpc) is 3.31. The molecular formula is C22H24FN3O7S. The van der Waals surface area contributed by atoms with Gasteiger partial charge in [0.1, 0.15) is 17.3 Å². The Hall–Kier alpha value is -3.51. The molecule has 0 atom stereocenters. The number of halogens is 1. The normalized spacial score (nSPS) is 11.4. The summed E-state index contributed by atoms with van der Waals surface area (Å²) in [6, 6.07) is 9.65. The zero-order valence-corrected chi connectivity index (χ0v) is 19.7. The summed E-state index contributed by atoms with van der Waals surface area (Å²) >= 11 is 0. The first-order valence-corrected chi connectivity index (χ1v) is 11.6. The van der Waals surface area contributed by atoms with Gasteiger partial charge in [-0.2, -0.15) is 4.98 Å². The monoisotopic (exact) mass is 493 g/mol. The van der Waals surface area contributed by atoms with Crippen LogP contribution in [-0.2, 0) is 26.2 Å². The Morgan fingerprint density at radius 3 is 2.53 bits per heavy atom. The van der Waals surface area contributed by atoms with Crippen LogP contribution >= 0.6 is 0 Å². The smallest absolute Gasteiger partial charge is 0.306 e. The van der Waals surface area contributed by atoms with E-state index in [4.69, 9.17) is 18.7 Å². The fourth-order valence-corrected chi connectivity index (χ4v) is 4.18. The summed E-state index contributed by atoms with van der Waals surface area (Å²) in [5, 5.41) is 3.88. The van der Waals surface area contributed by atoms with Crippen LogP contribution < -0.4 is 9.47 Å². The summed E-state index contributed by atoms with van der Waals surface area (Å²) in [6.07, 6.45) is 0.213. The van der Waals surface area contributed by atoms with Gasteiger partial charge in [0.05, 0.1) is 24.7 Å². The molecule has 0 aliphatic rings. The van der Waals surface area contributed by atoms with Gasteiger partial charge in [-0.05, 0) is 42.8 Å². The minimum atomic E-state index is -3.78. The molecule has 1 heterocycles. The summed E-state index contributed by atoms with van der Waals surface area (Å²) in [5.74, 6) is 0.378. The van der Waals surface area contributed by atoms with E-state index in [0.717, 1.165) is 16.4 Å². The van der Waals surface area contributed by atoms with Gasteiger partial charge in [0.25, 0.3) is 5.89 Å². The van der Waals surface area contributed by atoms with Crippen molar-refractivity contribution >= 4 is 16.0 Å². The van der Waals surface area contributed by atoms with Crippen LogP contribution in [0.1, 0.15) is 18.7 Å². The van der Waals surface area contributed by atoms with E-state index in [1.54, 1.807) is 18.2 Å². The highest BCUT2D eigenvalue weighted by molar-refractivity contribution is 7.89. The van der Waals surface area contributed by atoms with E-state index in [9.17, 15) is 17.6 Å². The van der Waals surface area contributed by atoms with E-state index in [1.165, 1.54) is 33.4 Å². The quantitative estimate of drug-likeness (QED) is 0.371. The molecule has 10 nitrogen and oxygen atoms in total. The van der Waals surface area contributed by atoms with E-state index in [1.807, 2.05) is 0 Å². The zero-order valence-electron chi connectivity index (χ0n) is 18.9. The number of methoxy groups -OCH3 is 2. The second-order valence-corrected chi connectivity index (χ2v) is 9.17. The molecule has 34 heavy (non-hydrogen) atoms. The van der Waals surface area contributed by atoms with Gasteiger partial charge in [0.2, 0.25) is 15.8 Å². The molecule has 1 aromatic heterocycles.